The average Bonchev–Trinajstić information content (AvgIpc) is 2.45. The van der Waals surface area contributed by atoms with E-state index in [2.05, 4.69) is 15.9 Å². The van der Waals surface area contributed by atoms with Crippen LogP contribution in [-0.4, -0.2) is 11.8 Å². The van der Waals surface area contributed by atoms with Crippen molar-refractivity contribution in [2.45, 2.75) is 13.8 Å². The predicted molar refractivity (Wildman–Crippen MR) is 65.0 cm³/mol. The predicted octanol–water partition coefficient (Wildman–Crippen LogP) is 2.80. The Hall–Kier alpha value is -1.49. The molecule has 0 spiro atoms. The van der Waals surface area contributed by atoms with Crippen molar-refractivity contribution in [3.8, 4) is 0 Å². The van der Waals surface area contributed by atoms with Crippen LogP contribution in [0.3, 0.4) is 0 Å². The van der Waals surface area contributed by atoms with Gasteiger partial charge in [-0.2, -0.15) is 0 Å². The van der Waals surface area contributed by atoms with Gasteiger partial charge in [0.05, 0.1) is 5.69 Å². The molecule has 3 nitrogen and oxygen atoms in total. The van der Waals surface area contributed by atoms with Gasteiger partial charge in [0.15, 0.2) is 0 Å². The minimum absolute atomic E-state index is 0.0144. The third-order valence-corrected chi connectivity index (χ3v) is 3.25. The molecule has 0 aliphatic carbocycles. The first kappa shape index (κ1) is 12.0. The smallest absolute Gasteiger partial charge is 0.261 e. The van der Waals surface area contributed by atoms with Gasteiger partial charge in [0.2, 0.25) is 0 Å². The van der Waals surface area contributed by atoms with E-state index in [4.69, 9.17) is 0 Å². The van der Waals surface area contributed by atoms with E-state index in [0.29, 0.717) is 15.6 Å². The summed E-state index contributed by atoms with van der Waals surface area (Å²) >= 11 is 3.12. The maximum atomic E-state index is 13.7. The monoisotopic (exact) mass is 297 g/mol. The highest BCUT2D eigenvalue weighted by atomic mass is 79.9. The number of hydrogen-bond donors (Lipinski definition) is 0. The zero-order chi connectivity index (χ0) is 12.7. The number of imide groups is 1. The summed E-state index contributed by atoms with van der Waals surface area (Å²) in [4.78, 5) is 24.5. The van der Waals surface area contributed by atoms with E-state index in [1.807, 2.05) is 0 Å². The van der Waals surface area contributed by atoms with Crippen LogP contribution in [0.25, 0.3) is 0 Å². The molecule has 0 atom stereocenters. The molecule has 0 aromatic heterocycles. The van der Waals surface area contributed by atoms with Crippen LogP contribution >= 0.6 is 15.9 Å². The SMILES string of the molecule is CC1=C(C)C(=O)N(c2ccc(Br)cc2F)C1=O. The van der Waals surface area contributed by atoms with E-state index in [0.717, 1.165) is 4.90 Å². The van der Waals surface area contributed by atoms with Crippen LogP contribution in [0.15, 0.2) is 33.8 Å². The molecule has 0 fully saturated rings. The Morgan fingerprint density at radius 3 is 2.12 bits per heavy atom. The Kier molecular flexibility index (Phi) is 2.87. The Bertz CT molecular complexity index is 542. The number of hydrogen-bond acceptors (Lipinski definition) is 2. The molecule has 0 saturated carbocycles. The lowest BCUT2D eigenvalue weighted by atomic mass is 10.2. The number of benzene rings is 1. The third kappa shape index (κ3) is 1.80. The third-order valence-electron chi connectivity index (χ3n) is 2.76. The summed E-state index contributed by atoms with van der Waals surface area (Å²) in [6, 6.07) is 4.21. The first-order chi connectivity index (χ1) is 7.93. The Labute approximate surface area is 106 Å². The van der Waals surface area contributed by atoms with Crippen molar-refractivity contribution < 1.29 is 14.0 Å². The molecule has 0 saturated heterocycles. The van der Waals surface area contributed by atoms with Crippen LogP contribution in [0.4, 0.5) is 10.1 Å². The molecule has 1 aromatic carbocycles. The summed E-state index contributed by atoms with van der Waals surface area (Å²) < 4.78 is 14.3. The molecular formula is C12H9BrFNO2. The molecular weight excluding hydrogens is 289 g/mol. The number of amides is 2. The van der Waals surface area contributed by atoms with Gasteiger partial charge in [0.1, 0.15) is 5.82 Å². The van der Waals surface area contributed by atoms with Crippen molar-refractivity contribution >= 4 is 33.4 Å². The van der Waals surface area contributed by atoms with E-state index >= 15 is 0 Å². The van der Waals surface area contributed by atoms with Crippen molar-refractivity contribution in [1.82, 2.24) is 0 Å². The van der Waals surface area contributed by atoms with E-state index < -0.39 is 17.6 Å². The fourth-order valence-corrected chi connectivity index (χ4v) is 1.96. The molecule has 0 N–H and O–H groups in total. The minimum Gasteiger partial charge on any atom is -0.269 e. The molecule has 2 amide bonds. The molecule has 0 radical (unpaired) electrons. The van der Waals surface area contributed by atoms with Gasteiger partial charge in [-0.3, -0.25) is 9.59 Å². The fraction of sp³-hybridized carbons (Fsp3) is 0.167. The lowest BCUT2D eigenvalue weighted by Gasteiger charge is -2.15. The number of carbonyl (C=O) groups is 2. The second-order valence-corrected chi connectivity index (χ2v) is 4.71. The van der Waals surface area contributed by atoms with E-state index in [1.54, 1.807) is 19.9 Å². The topological polar surface area (TPSA) is 37.4 Å². The van der Waals surface area contributed by atoms with Gasteiger partial charge < -0.3 is 0 Å². The molecule has 1 aliphatic heterocycles. The quantitative estimate of drug-likeness (QED) is 0.748. The number of halogens is 2. The largest absolute Gasteiger partial charge is 0.269 e. The summed E-state index contributed by atoms with van der Waals surface area (Å²) in [5.74, 6) is -1.54. The van der Waals surface area contributed by atoms with Crippen LogP contribution in [0.5, 0.6) is 0 Å². The number of anilines is 1. The van der Waals surface area contributed by atoms with Gasteiger partial charge in [-0.25, -0.2) is 9.29 Å². The van der Waals surface area contributed by atoms with Crippen molar-refractivity contribution in [3.63, 3.8) is 0 Å². The molecule has 17 heavy (non-hydrogen) atoms. The molecule has 1 aromatic rings. The highest BCUT2D eigenvalue weighted by Gasteiger charge is 2.35. The summed E-state index contributed by atoms with van der Waals surface area (Å²) in [5, 5.41) is 0. The summed E-state index contributed by atoms with van der Waals surface area (Å²) in [6.07, 6.45) is 0. The molecule has 2 rings (SSSR count). The van der Waals surface area contributed by atoms with Gasteiger partial charge in [0, 0.05) is 15.6 Å². The van der Waals surface area contributed by atoms with Gasteiger partial charge in [-0.15, -0.1) is 0 Å². The fourth-order valence-electron chi connectivity index (χ4n) is 1.63. The second kappa shape index (κ2) is 4.07. The zero-order valence-corrected chi connectivity index (χ0v) is 10.8. The first-order valence-corrected chi connectivity index (χ1v) is 5.74. The van der Waals surface area contributed by atoms with Crippen LogP contribution < -0.4 is 4.90 Å². The van der Waals surface area contributed by atoms with E-state index in [-0.39, 0.29) is 5.69 Å². The molecule has 0 unspecified atom stereocenters. The summed E-state index contributed by atoms with van der Waals surface area (Å²) in [5.41, 5.74) is 0.703. The summed E-state index contributed by atoms with van der Waals surface area (Å²) in [7, 11) is 0. The van der Waals surface area contributed by atoms with Crippen LogP contribution in [0.1, 0.15) is 13.8 Å². The number of rotatable bonds is 1. The van der Waals surface area contributed by atoms with Crippen LogP contribution in [0, 0.1) is 5.82 Å². The normalized spacial score (nSPS) is 16.1. The molecule has 1 heterocycles. The zero-order valence-electron chi connectivity index (χ0n) is 9.25. The van der Waals surface area contributed by atoms with Crippen LogP contribution in [-0.2, 0) is 9.59 Å². The Morgan fingerprint density at radius 2 is 1.65 bits per heavy atom. The second-order valence-electron chi connectivity index (χ2n) is 3.79. The molecule has 5 heteroatoms. The van der Waals surface area contributed by atoms with E-state index in [1.165, 1.54) is 12.1 Å². The highest BCUT2D eigenvalue weighted by molar-refractivity contribution is 9.10. The lowest BCUT2D eigenvalue weighted by molar-refractivity contribution is -0.120. The van der Waals surface area contributed by atoms with Crippen molar-refractivity contribution in [2.24, 2.45) is 0 Å². The lowest BCUT2D eigenvalue weighted by Crippen LogP contribution is -2.32. The maximum absolute atomic E-state index is 13.7. The van der Waals surface area contributed by atoms with Crippen molar-refractivity contribution in [2.75, 3.05) is 4.90 Å². The Morgan fingerprint density at radius 1 is 1.12 bits per heavy atom. The first-order valence-electron chi connectivity index (χ1n) is 4.95. The molecule has 0 bridgehead atoms. The van der Waals surface area contributed by atoms with Gasteiger partial charge in [-0.05, 0) is 32.0 Å². The highest BCUT2D eigenvalue weighted by Crippen LogP contribution is 2.30. The van der Waals surface area contributed by atoms with Crippen molar-refractivity contribution in [3.05, 3.63) is 39.6 Å². The van der Waals surface area contributed by atoms with Gasteiger partial charge >= 0.3 is 0 Å². The van der Waals surface area contributed by atoms with Crippen molar-refractivity contribution in [1.29, 1.82) is 0 Å². The number of carbonyl (C=O) groups excluding carboxylic acids is 2. The standard InChI is InChI=1S/C12H9BrFNO2/c1-6-7(2)12(17)15(11(6)16)10-4-3-8(13)5-9(10)14/h3-5H,1-2H3. The van der Waals surface area contributed by atoms with E-state index in [9.17, 15) is 14.0 Å². The van der Waals surface area contributed by atoms with Gasteiger partial charge in [0.25, 0.3) is 11.8 Å². The summed E-state index contributed by atoms with van der Waals surface area (Å²) in [6.45, 7) is 3.12. The maximum Gasteiger partial charge on any atom is 0.261 e. The number of nitrogens with zero attached hydrogens (tertiary/aromatic N) is 1. The molecule has 1 aliphatic rings. The Balaban J connectivity index is 2.50. The molecule has 88 valence electrons. The minimum atomic E-state index is -0.608. The van der Waals surface area contributed by atoms with Crippen LogP contribution in [0.2, 0.25) is 0 Å². The van der Waals surface area contributed by atoms with Gasteiger partial charge in [-0.1, -0.05) is 15.9 Å². The average molecular weight is 298 g/mol.